The van der Waals surface area contributed by atoms with E-state index in [1.54, 1.807) is 54.6 Å². The van der Waals surface area contributed by atoms with Gasteiger partial charge in [0.05, 0.1) is 76.9 Å². The molecule has 4 atom stereocenters. The fourth-order valence-corrected chi connectivity index (χ4v) is 7.95. The van der Waals surface area contributed by atoms with Crippen LogP contribution in [-0.2, 0) is 22.7 Å². The molecular weight excluding hydrogens is 788 g/mol. The van der Waals surface area contributed by atoms with Gasteiger partial charge in [-0.05, 0) is 37.6 Å². The first-order valence-electron chi connectivity index (χ1n) is 18.1. The Kier molecular flexibility index (Phi) is 12.1. The number of aromatic nitrogens is 3. The maximum atomic E-state index is 14.1. The first kappa shape index (κ1) is 40.8. The molecule has 0 aliphatic carbocycles. The monoisotopic (exact) mass is 827 g/mol. The number of amides is 2. The summed E-state index contributed by atoms with van der Waals surface area (Å²) in [4.78, 5) is 70.0. The van der Waals surface area contributed by atoms with Crippen molar-refractivity contribution in [1.82, 2.24) is 25.6 Å². The van der Waals surface area contributed by atoms with E-state index in [1.807, 2.05) is 54.6 Å². The first-order valence-corrected chi connectivity index (χ1v) is 21.2. The van der Waals surface area contributed by atoms with E-state index < -0.39 is 65.5 Å². The minimum Gasteiger partial charge on any atom is -0.394 e. The van der Waals surface area contributed by atoms with Crippen molar-refractivity contribution in [2.75, 3.05) is 19.8 Å². The Morgan fingerprint density at radius 3 is 2.12 bits per heavy atom. The maximum Gasteiger partial charge on any atom is 0.472 e. The highest BCUT2D eigenvalue weighted by Gasteiger charge is 2.33. The van der Waals surface area contributed by atoms with E-state index in [1.165, 1.54) is 6.92 Å². The summed E-state index contributed by atoms with van der Waals surface area (Å²) in [7, 11) is -10.0. The van der Waals surface area contributed by atoms with E-state index in [0.717, 1.165) is 16.5 Å². The number of phosphoric acid groups is 2. The largest absolute Gasteiger partial charge is 0.472 e. The quantitative estimate of drug-likeness (QED) is 0.0554. The molecule has 0 fully saturated rings. The molecule has 18 heteroatoms. The average molecular weight is 828 g/mol. The number of pyridine rings is 2. The number of carbonyl (C=O) groups excluding carboxylic acids is 2. The van der Waals surface area contributed by atoms with Crippen LogP contribution in [0.25, 0.3) is 55.0 Å². The minimum atomic E-state index is -5.07. The second-order valence-corrected chi connectivity index (χ2v) is 16.1. The Bertz CT molecular complexity index is 2730. The lowest BCUT2D eigenvalue weighted by Gasteiger charge is -2.27. The van der Waals surface area contributed by atoms with Crippen molar-refractivity contribution in [2.24, 2.45) is 0 Å². The maximum absolute atomic E-state index is 14.1. The summed E-state index contributed by atoms with van der Waals surface area (Å²) in [5.41, 5.74) is 4.58. The minimum absolute atomic E-state index is 0.115. The molecule has 0 saturated heterocycles. The normalized spacial score (nSPS) is 14.6. The molecule has 4 aromatic carbocycles. The van der Waals surface area contributed by atoms with Crippen LogP contribution in [0.3, 0.4) is 0 Å². The molecule has 0 aliphatic rings. The summed E-state index contributed by atoms with van der Waals surface area (Å²) < 4.78 is 40.2. The highest BCUT2D eigenvalue weighted by molar-refractivity contribution is 7.47. The molecule has 3 aromatic heterocycles. The number of rotatable bonds is 16. The van der Waals surface area contributed by atoms with Gasteiger partial charge in [-0.2, -0.15) is 0 Å². The Hall–Kier alpha value is -5.38. The number of nitrogens with zero attached hydrogens (tertiary/aromatic N) is 2. The molecule has 16 nitrogen and oxygen atoms in total. The number of benzene rings is 4. The number of nitrogens with one attached hydrogen (secondary N) is 3. The van der Waals surface area contributed by atoms with Gasteiger partial charge in [0.1, 0.15) is 0 Å². The van der Waals surface area contributed by atoms with Crippen LogP contribution in [0.1, 0.15) is 34.1 Å². The zero-order valence-electron chi connectivity index (χ0n) is 30.9. The molecule has 58 heavy (non-hydrogen) atoms. The molecule has 0 spiro atoms. The third-order valence-corrected chi connectivity index (χ3v) is 11.1. The number of phosphoric ester groups is 2. The highest BCUT2D eigenvalue weighted by Crippen LogP contribution is 2.46. The molecule has 3 heterocycles. The number of para-hydroxylation sites is 3. The molecule has 0 saturated carbocycles. The number of hydrogen-bond donors (Lipinski definition) is 7. The number of aliphatic hydroxyl groups excluding tert-OH is 1. The predicted molar refractivity (Wildman–Crippen MR) is 217 cm³/mol. The molecule has 7 aromatic rings. The zero-order chi connectivity index (χ0) is 41.0. The van der Waals surface area contributed by atoms with Crippen molar-refractivity contribution in [3.8, 4) is 11.3 Å². The third kappa shape index (κ3) is 9.32. The van der Waals surface area contributed by atoms with Crippen LogP contribution in [0, 0.1) is 0 Å². The third-order valence-electron chi connectivity index (χ3n) is 9.47. The summed E-state index contributed by atoms with van der Waals surface area (Å²) in [6, 6.07) is 30.1. The number of aliphatic hydroxyl groups is 1. The molecule has 4 unspecified atom stereocenters. The molecular formula is C40H39N5O11P2. The Morgan fingerprint density at radius 2 is 1.41 bits per heavy atom. The lowest BCUT2D eigenvalue weighted by Crippen LogP contribution is -2.46. The van der Waals surface area contributed by atoms with Gasteiger partial charge in [0.2, 0.25) is 0 Å². The molecule has 2 amide bonds. The van der Waals surface area contributed by atoms with E-state index in [-0.39, 0.29) is 12.0 Å². The van der Waals surface area contributed by atoms with Gasteiger partial charge in [0.15, 0.2) is 0 Å². The van der Waals surface area contributed by atoms with Crippen molar-refractivity contribution in [3.63, 3.8) is 0 Å². The van der Waals surface area contributed by atoms with Crippen LogP contribution in [0.15, 0.2) is 109 Å². The Morgan fingerprint density at radius 1 is 0.776 bits per heavy atom. The number of H-pyrrole nitrogens is 1. The summed E-state index contributed by atoms with van der Waals surface area (Å²) in [5, 5.41) is 17.3. The van der Waals surface area contributed by atoms with E-state index in [9.17, 15) is 38.5 Å². The van der Waals surface area contributed by atoms with Gasteiger partial charge < -0.3 is 35.4 Å². The average Bonchev–Trinajstić information content (AvgIpc) is 3.58. The summed E-state index contributed by atoms with van der Waals surface area (Å²) >= 11 is 0. The fraction of sp³-hybridized carbons (Fsp3) is 0.200. The van der Waals surface area contributed by atoms with Gasteiger partial charge >= 0.3 is 15.6 Å². The SMILES string of the molecule is CC(OP(=O)(O)OCCC(CO)NC(=O)c1cc(-c2ccccc2)nc2ccccc12)C(COP(=O)(O)O)NC(=O)c1c2ccccc2nc2c1[nH]c1ccccc12. The van der Waals surface area contributed by atoms with Gasteiger partial charge in [-0.1, -0.05) is 84.9 Å². The molecule has 0 bridgehead atoms. The van der Waals surface area contributed by atoms with Gasteiger partial charge in [0.25, 0.3) is 11.8 Å². The van der Waals surface area contributed by atoms with Crippen LogP contribution in [0.4, 0.5) is 0 Å². The number of carbonyl (C=O) groups is 2. The smallest absolute Gasteiger partial charge is 0.394 e. The summed E-state index contributed by atoms with van der Waals surface area (Å²) in [5.74, 6) is -1.22. The van der Waals surface area contributed by atoms with Crippen LogP contribution < -0.4 is 10.6 Å². The van der Waals surface area contributed by atoms with Crippen molar-refractivity contribution < 1.29 is 52.1 Å². The topological polar surface area (TPSA) is 243 Å². The standard InChI is InChI=1S/C40H39N5O11P2/c1-24(35(23-55-57(49,50)51)45-40(48)36-28-14-6-9-17-32(28)43-37-29-15-7-10-18-33(29)44-38(36)37)56-58(52,53)54-20-19-26(22-46)41-39(47)30-21-34(25-11-3-2-4-12-25)42-31-16-8-5-13-27(30)31/h2-18,21,24,26,35,44,46H,19-20,22-23H2,1H3,(H,41,47)(H,45,48)(H,52,53)(H2,49,50,51). The van der Waals surface area contributed by atoms with Gasteiger partial charge in [0, 0.05) is 27.2 Å². The second kappa shape index (κ2) is 17.2. The van der Waals surface area contributed by atoms with Crippen LogP contribution in [0.5, 0.6) is 0 Å². The van der Waals surface area contributed by atoms with E-state index in [4.69, 9.17) is 23.5 Å². The van der Waals surface area contributed by atoms with E-state index >= 15 is 0 Å². The fourth-order valence-electron chi connectivity index (χ4n) is 6.63. The van der Waals surface area contributed by atoms with Crippen LogP contribution >= 0.6 is 15.6 Å². The zero-order valence-corrected chi connectivity index (χ0v) is 32.7. The van der Waals surface area contributed by atoms with Crippen molar-refractivity contribution in [1.29, 1.82) is 0 Å². The van der Waals surface area contributed by atoms with Crippen molar-refractivity contribution in [2.45, 2.75) is 31.5 Å². The van der Waals surface area contributed by atoms with Crippen LogP contribution in [-0.4, -0.2) is 84.6 Å². The van der Waals surface area contributed by atoms with Gasteiger partial charge in [-0.15, -0.1) is 0 Å². The summed E-state index contributed by atoms with van der Waals surface area (Å²) in [6.45, 7) is -0.513. The second-order valence-electron chi connectivity index (χ2n) is 13.5. The van der Waals surface area contributed by atoms with Gasteiger partial charge in [-0.3, -0.25) is 23.2 Å². The molecule has 7 rings (SSSR count). The molecule has 300 valence electrons. The lowest BCUT2D eigenvalue weighted by molar-refractivity contribution is 0.0597. The van der Waals surface area contributed by atoms with Crippen LogP contribution in [0.2, 0.25) is 0 Å². The van der Waals surface area contributed by atoms with E-state index in [0.29, 0.717) is 44.1 Å². The first-order chi connectivity index (χ1) is 27.8. The molecule has 0 aliphatic heterocycles. The Balaban J connectivity index is 1.04. The lowest BCUT2D eigenvalue weighted by atomic mass is 10.0. The van der Waals surface area contributed by atoms with Gasteiger partial charge in [-0.25, -0.2) is 19.1 Å². The number of hydrogen-bond acceptors (Lipinski definition) is 10. The Labute approximate surface area is 331 Å². The molecule has 7 N–H and O–H groups in total. The highest BCUT2D eigenvalue weighted by atomic mass is 31.2. The number of aromatic amines is 1. The van der Waals surface area contributed by atoms with Crippen molar-refractivity contribution >= 4 is 71.2 Å². The number of fused-ring (bicyclic) bond motifs is 5. The molecule has 0 radical (unpaired) electrons. The summed E-state index contributed by atoms with van der Waals surface area (Å²) in [6.07, 6.45) is -1.53. The predicted octanol–water partition coefficient (Wildman–Crippen LogP) is 6.00. The van der Waals surface area contributed by atoms with Crippen molar-refractivity contribution in [3.05, 3.63) is 120 Å². The van der Waals surface area contributed by atoms with E-state index in [2.05, 4.69) is 15.6 Å².